The third-order valence-corrected chi connectivity index (χ3v) is 6.39. The van der Waals surface area contributed by atoms with Crippen LogP contribution in [0.5, 0.6) is 5.75 Å². The van der Waals surface area contributed by atoms with E-state index in [9.17, 15) is 9.59 Å². The molecule has 1 aliphatic carbocycles. The molecular formula is C25H32N4O3. The molecule has 2 aromatic rings. The van der Waals surface area contributed by atoms with Gasteiger partial charge in [-0.3, -0.25) is 9.59 Å². The van der Waals surface area contributed by atoms with Gasteiger partial charge in [-0.15, -0.1) is 0 Å². The molecule has 7 heteroatoms. The number of methoxy groups -OCH3 is 1. The van der Waals surface area contributed by atoms with Gasteiger partial charge >= 0.3 is 0 Å². The Balaban J connectivity index is 1.43. The van der Waals surface area contributed by atoms with Crippen molar-refractivity contribution < 1.29 is 14.3 Å². The Morgan fingerprint density at radius 2 is 1.81 bits per heavy atom. The molecule has 0 spiro atoms. The lowest BCUT2D eigenvalue weighted by Gasteiger charge is -2.32. The summed E-state index contributed by atoms with van der Waals surface area (Å²) in [7, 11) is 1.63. The van der Waals surface area contributed by atoms with Crippen molar-refractivity contribution in [1.29, 1.82) is 0 Å². The molecule has 1 aromatic carbocycles. The van der Waals surface area contributed by atoms with Gasteiger partial charge in [-0.25, -0.2) is 9.97 Å². The summed E-state index contributed by atoms with van der Waals surface area (Å²) in [6, 6.07) is 8.01. The molecule has 1 aromatic heterocycles. The number of ether oxygens (including phenoxy) is 1. The monoisotopic (exact) mass is 436 g/mol. The van der Waals surface area contributed by atoms with E-state index in [0.717, 1.165) is 66.3 Å². The number of nitrogens with zero attached hydrogens (tertiary/aromatic N) is 3. The molecule has 2 fully saturated rings. The fraction of sp³-hybridized carbons (Fsp3) is 0.520. The lowest BCUT2D eigenvalue weighted by atomic mass is 9.95. The van der Waals surface area contributed by atoms with E-state index in [2.05, 4.69) is 5.32 Å². The van der Waals surface area contributed by atoms with Crippen molar-refractivity contribution in [3.8, 4) is 5.75 Å². The minimum Gasteiger partial charge on any atom is -0.496 e. The van der Waals surface area contributed by atoms with Gasteiger partial charge < -0.3 is 15.0 Å². The summed E-state index contributed by atoms with van der Waals surface area (Å²) in [6.07, 6.45) is 4.68. The molecule has 2 aliphatic rings. The topological polar surface area (TPSA) is 84.4 Å². The first-order valence-corrected chi connectivity index (χ1v) is 11.5. The predicted molar refractivity (Wildman–Crippen MR) is 122 cm³/mol. The lowest BCUT2D eigenvalue weighted by molar-refractivity contribution is -0.131. The summed E-state index contributed by atoms with van der Waals surface area (Å²) in [4.78, 5) is 36.7. The zero-order valence-corrected chi connectivity index (χ0v) is 19.2. The van der Waals surface area contributed by atoms with Gasteiger partial charge in [-0.2, -0.15) is 0 Å². The number of carbonyl (C=O) groups excluding carboxylic acids is 2. The van der Waals surface area contributed by atoms with Crippen LogP contribution in [0.3, 0.4) is 0 Å². The van der Waals surface area contributed by atoms with Crippen molar-refractivity contribution in [2.75, 3.05) is 20.2 Å². The van der Waals surface area contributed by atoms with Gasteiger partial charge in [0, 0.05) is 47.6 Å². The largest absolute Gasteiger partial charge is 0.496 e. The first-order valence-electron chi connectivity index (χ1n) is 11.5. The number of carbonyl (C=O) groups is 2. The average Bonchev–Trinajstić information content (AvgIpc) is 3.60. The standard InChI is InChI=1S/C25H32N4O3/c1-16-21(14-23(30)28-20-10-11-20)17(2)27-25(26-16)19-8-6-12-29(15-19)24(31)13-18-7-4-5-9-22(18)32-3/h4-5,7,9,19-20H,6,8,10-15H2,1-3H3,(H,28,30). The van der Waals surface area contributed by atoms with Crippen LogP contribution in [0.2, 0.25) is 0 Å². The third kappa shape index (κ3) is 5.26. The quantitative estimate of drug-likeness (QED) is 0.722. The van der Waals surface area contributed by atoms with Crippen LogP contribution in [0.1, 0.15) is 59.9 Å². The van der Waals surface area contributed by atoms with Crippen LogP contribution in [0.4, 0.5) is 0 Å². The molecule has 1 unspecified atom stereocenters. The van der Waals surface area contributed by atoms with Crippen LogP contribution in [-0.4, -0.2) is 52.9 Å². The number of aromatic nitrogens is 2. The second-order valence-corrected chi connectivity index (χ2v) is 8.92. The Hall–Kier alpha value is -2.96. The van der Waals surface area contributed by atoms with Crippen molar-refractivity contribution >= 4 is 11.8 Å². The van der Waals surface area contributed by atoms with Gasteiger partial charge in [-0.05, 0) is 45.6 Å². The number of benzene rings is 1. The van der Waals surface area contributed by atoms with Crippen molar-refractivity contribution in [1.82, 2.24) is 20.2 Å². The SMILES string of the molecule is COc1ccccc1CC(=O)N1CCCC(c2nc(C)c(CC(=O)NC3CC3)c(C)n2)C1. The Kier molecular flexibility index (Phi) is 6.72. The normalized spacial score (nSPS) is 18.3. The van der Waals surface area contributed by atoms with E-state index in [-0.39, 0.29) is 17.7 Å². The van der Waals surface area contributed by atoms with Crippen LogP contribution in [0.25, 0.3) is 0 Å². The predicted octanol–water partition coefficient (Wildman–Crippen LogP) is 2.87. The third-order valence-electron chi connectivity index (χ3n) is 6.39. The first-order chi connectivity index (χ1) is 15.4. The van der Waals surface area contributed by atoms with Crippen LogP contribution in [0.15, 0.2) is 24.3 Å². The van der Waals surface area contributed by atoms with Gasteiger partial charge in [0.25, 0.3) is 0 Å². The maximum Gasteiger partial charge on any atom is 0.227 e. The minimum atomic E-state index is 0.0424. The van der Waals surface area contributed by atoms with E-state index in [1.165, 1.54) is 0 Å². The van der Waals surface area contributed by atoms with Crippen molar-refractivity contribution in [3.63, 3.8) is 0 Å². The molecule has 1 N–H and O–H groups in total. The number of aryl methyl sites for hydroxylation is 2. The Morgan fingerprint density at radius 3 is 2.50 bits per heavy atom. The molecule has 7 nitrogen and oxygen atoms in total. The average molecular weight is 437 g/mol. The van der Waals surface area contributed by atoms with Gasteiger partial charge in [0.15, 0.2) is 0 Å². The first kappa shape index (κ1) is 22.2. The van der Waals surface area contributed by atoms with Crippen LogP contribution in [-0.2, 0) is 22.4 Å². The van der Waals surface area contributed by atoms with Gasteiger partial charge in [0.1, 0.15) is 11.6 Å². The molecule has 2 heterocycles. The number of hydrogen-bond acceptors (Lipinski definition) is 5. The van der Waals surface area contributed by atoms with E-state index < -0.39 is 0 Å². The maximum absolute atomic E-state index is 13.0. The molecular weight excluding hydrogens is 404 g/mol. The highest BCUT2D eigenvalue weighted by Gasteiger charge is 2.28. The second kappa shape index (κ2) is 9.67. The molecule has 1 saturated heterocycles. The maximum atomic E-state index is 13.0. The molecule has 2 amide bonds. The summed E-state index contributed by atoms with van der Waals surface area (Å²) in [5, 5.41) is 3.03. The Labute approximate surface area is 189 Å². The van der Waals surface area contributed by atoms with Crippen LogP contribution >= 0.6 is 0 Å². The number of amides is 2. The zero-order valence-electron chi connectivity index (χ0n) is 19.2. The minimum absolute atomic E-state index is 0.0424. The van der Waals surface area contributed by atoms with E-state index in [0.29, 0.717) is 25.4 Å². The molecule has 1 aliphatic heterocycles. The summed E-state index contributed by atoms with van der Waals surface area (Å²) in [5.74, 6) is 1.77. The highest BCUT2D eigenvalue weighted by molar-refractivity contribution is 5.80. The van der Waals surface area contributed by atoms with E-state index in [1.54, 1.807) is 7.11 Å². The smallest absolute Gasteiger partial charge is 0.227 e. The zero-order chi connectivity index (χ0) is 22.7. The molecule has 32 heavy (non-hydrogen) atoms. The number of nitrogens with one attached hydrogen (secondary N) is 1. The van der Waals surface area contributed by atoms with Crippen molar-refractivity contribution in [2.45, 2.75) is 64.3 Å². The molecule has 1 atom stereocenters. The second-order valence-electron chi connectivity index (χ2n) is 8.92. The van der Waals surface area contributed by atoms with Crippen molar-refractivity contribution in [2.24, 2.45) is 0 Å². The molecule has 0 radical (unpaired) electrons. The Bertz CT molecular complexity index is 979. The number of para-hydroxylation sites is 1. The Morgan fingerprint density at radius 1 is 1.09 bits per heavy atom. The highest BCUT2D eigenvalue weighted by Crippen LogP contribution is 2.27. The summed E-state index contributed by atoms with van der Waals surface area (Å²) in [6.45, 7) is 5.27. The lowest BCUT2D eigenvalue weighted by Crippen LogP contribution is -2.40. The molecule has 4 rings (SSSR count). The van der Waals surface area contributed by atoms with Crippen molar-refractivity contribution in [3.05, 3.63) is 52.6 Å². The fourth-order valence-corrected chi connectivity index (χ4v) is 4.41. The van der Waals surface area contributed by atoms with Gasteiger partial charge in [0.2, 0.25) is 11.8 Å². The number of piperidine rings is 1. The molecule has 170 valence electrons. The number of rotatable bonds is 7. The summed E-state index contributed by atoms with van der Waals surface area (Å²) >= 11 is 0. The molecule has 1 saturated carbocycles. The number of hydrogen-bond donors (Lipinski definition) is 1. The van der Waals surface area contributed by atoms with E-state index in [4.69, 9.17) is 14.7 Å². The molecule has 0 bridgehead atoms. The van der Waals surface area contributed by atoms with E-state index >= 15 is 0 Å². The summed E-state index contributed by atoms with van der Waals surface area (Å²) < 4.78 is 5.39. The van der Waals surface area contributed by atoms with Crippen LogP contribution < -0.4 is 10.1 Å². The van der Waals surface area contributed by atoms with Gasteiger partial charge in [-0.1, -0.05) is 18.2 Å². The number of likely N-dealkylation sites (tertiary alicyclic amines) is 1. The highest BCUT2D eigenvalue weighted by atomic mass is 16.5. The van der Waals surface area contributed by atoms with Crippen LogP contribution in [0, 0.1) is 13.8 Å². The van der Waals surface area contributed by atoms with E-state index in [1.807, 2.05) is 43.0 Å². The summed E-state index contributed by atoms with van der Waals surface area (Å²) in [5.41, 5.74) is 3.53. The van der Waals surface area contributed by atoms with Gasteiger partial charge in [0.05, 0.1) is 20.0 Å². The fourth-order valence-electron chi connectivity index (χ4n) is 4.41.